The van der Waals surface area contributed by atoms with Crippen LogP contribution >= 0.6 is 0 Å². The Balaban J connectivity index is 1.79. The van der Waals surface area contributed by atoms with E-state index in [2.05, 4.69) is 0 Å². The van der Waals surface area contributed by atoms with Gasteiger partial charge >= 0.3 is 0 Å². The summed E-state index contributed by atoms with van der Waals surface area (Å²) in [6.07, 6.45) is 0.639. The Morgan fingerprint density at radius 3 is 2.36 bits per heavy atom. The normalized spacial score (nSPS) is 17.4. The van der Waals surface area contributed by atoms with Crippen molar-refractivity contribution in [2.45, 2.75) is 39.3 Å². The van der Waals surface area contributed by atoms with Crippen LogP contribution in [0.4, 0.5) is 11.4 Å². The Morgan fingerprint density at radius 2 is 1.67 bits per heavy atom. The van der Waals surface area contributed by atoms with E-state index in [-0.39, 0.29) is 29.8 Å². The van der Waals surface area contributed by atoms with Crippen molar-refractivity contribution in [2.24, 2.45) is 5.92 Å². The maximum absolute atomic E-state index is 13.6. The second kappa shape index (κ2) is 9.49. The van der Waals surface area contributed by atoms with Crippen LogP contribution in [0.5, 0.6) is 5.75 Å². The summed E-state index contributed by atoms with van der Waals surface area (Å²) >= 11 is 0. The minimum Gasteiger partial charge on any atom is -0.497 e. The van der Waals surface area contributed by atoms with Gasteiger partial charge in [0.25, 0.3) is 5.91 Å². The summed E-state index contributed by atoms with van der Waals surface area (Å²) in [5.74, 6) is 0.494. The van der Waals surface area contributed by atoms with E-state index in [9.17, 15) is 9.59 Å². The van der Waals surface area contributed by atoms with Gasteiger partial charge in [-0.3, -0.25) is 9.59 Å². The highest BCUT2D eigenvalue weighted by atomic mass is 16.5. The molecular weight excluding hydrogens is 412 g/mol. The zero-order valence-corrected chi connectivity index (χ0v) is 19.6. The highest BCUT2D eigenvalue weighted by Crippen LogP contribution is 2.43. The maximum Gasteiger partial charge on any atom is 0.258 e. The van der Waals surface area contributed by atoms with Crippen molar-refractivity contribution in [3.8, 4) is 5.75 Å². The Kier molecular flexibility index (Phi) is 6.50. The quantitative estimate of drug-likeness (QED) is 0.497. The Bertz CT molecular complexity index is 1140. The molecule has 5 nitrogen and oxygen atoms in total. The summed E-state index contributed by atoms with van der Waals surface area (Å²) in [5, 5.41) is 0. The summed E-state index contributed by atoms with van der Waals surface area (Å²) in [7, 11) is 1.59. The molecule has 0 fully saturated rings. The minimum atomic E-state index is -0.164. The highest BCUT2D eigenvalue weighted by Gasteiger charge is 2.39. The van der Waals surface area contributed by atoms with Crippen LogP contribution in [-0.4, -0.2) is 25.0 Å². The molecule has 0 saturated carbocycles. The number of rotatable bonds is 5. The molecule has 1 aliphatic rings. The largest absolute Gasteiger partial charge is 0.497 e. The third-order valence-electron chi connectivity index (χ3n) is 6.17. The average Bonchev–Trinajstić information content (AvgIpc) is 2.84. The molecule has 0 N–H and O–H groups in total. The molecule has 33 heavy (non-hydrogen) atoms. The van der Waals surface area contributed by atoms with Gasteiger partial charge in [-0.1, -0.05) is 56.3 Å². The molecule has 0 spiro atoms. The fraction of sp³-hybridized carbons (Fsp3) is 0.286. The summed E-state index contributed by atoms with van der Waals surface area (Å²) in [4.78, 5) is 30.8. The number of hydrogen-bond donors (Lipinski definition) is 0. The van der Waals surface area contributed by atoms with E-state index in [1.54, 1.807) is 13.2 Å². The summed E-state index contributed by atoms with van der Waals surface area (Å²) < 4.78 is 5.32. The van der Waals surface area contributed by atoms with Gasteiger partial charge in [0.15, 0.2) is 0 Å². The van der Waals surface area contributed by atoms with Crippen molar-refractivity contribution >= 4 is 23.2 Å². The topological polar surface area (TPSA) is 49.9 Å². The molecular formula is C28H30N2O3. The number of amides is 2. The zero-order chi connectivity index (χ0) is 23.5. The number of methoxy groups -OCH3 is 1. The van der Waals surface area contributed by atoms with Crippen molar-refractivity contribution in [1.82, 2.24) is 0 Å². The van der Waals surface area contributed by atoms with Gasteiger partial charge in [-0.25, -0.2) is 0 Å². The molecule has 1 heterocycles. The van der Waals surface area contributed by atoms with Crippen molar-refractivity contribution < 1.29 is 14.3 Å². The third kappa shape index (κ3) is 4.36. The standard InChI is InChI=1S/C28H30N2O3/c1-19(2)27(31)30(22-12-6-5-7-13-22)26-17-20(3)29(25-16-9-8-15-24(25)26)28(32)21-11-10-14-23(18-21)33-4/h5-16,18-20,26H,17H2,1-4H3/t20-,26+/m1/s1. The van der Waals surface area contributed by atoms with Crippen LogP contribution in [0.1, 0.15) is 49.2 Å². The lowest BCUT2D eigenvalue weighted by molar-refractivity contribution is -0.122. The second-order valence-corrected chi connectivity index (χ2v) is 8.76. The Hall–Kier alpha value is -3.60. The van der Waals surface area contributed by atoms with Crippen molar-refractivity contribution in [3.63, 3.8) is 0 Å². The van der Waals surface area contributed by atoms with E-state index in [4.69, 9.17) is 4.74 Å². The number of nitrogens with zero attached hydrogens (tertiary/aromatic N) is 2. The van der Waals surface area contributed by atoms with Crippen molar-refractivity contribution in [2.75, 3.05) is 16.9 Å². The number of anilines is 2. The molecule has 5 heteroatoms. The second-order valence-electron chi connectivity index (χ2n) is 8.76. The predicted molar refractivity (Wildman–Crippen MR) is 132 cm³/mol. The third-order valence-corrected chi connectivity index (χ3v) is 6.17. The van der Waals surface area contributed by atoms with Crippen LogP contribution in [0.25, 0.3) is 0 Å². The molecule has 0 unspecified atom stereocenters. The summed E-state index contributed by atoms with van der Waals surface area (Å²) in [6.45, 7) is 5.90. The first-order chi connectivity index (χ1) is 15.9. The predicted octanol–water partition coefficient (Wildman–Crippen LogP) is 5.86. The first-order valence-corrected chi connectivity index (χ1v) is 11.4. The smallest absolute Gasteiger partial charge is 0.258 e. The van der Waals surface area contributed by atoms with E-state index in [0.717, 1.165) is 16.9 Å². The fourth-order valence-electron chi connectivity index (χ4n) is 4.56. The first kappa shape index (κ1) is 22.6. The van der Waals surface area contributed by atoms with Gasteiger partial charge < -0.3 is 14.5 Å². The van der Waals surface area contributed by atoms with Crippen LogP contribution in [0.15, 0.2) is 78.9 Å². The van der Waals surface area contributed by atoms with Gasteiger partial charge in [-0.05, 0) is 55.3 Å². The van der Waals surface area contributed by atoms with Gasteiger partial charge in [-0.2, -0.15) is 0 Å². The lowest BCUT2D eigenvalue weighted by Gasteiger charge is -2.44. The number of para-hydroxylation sites is 2. The SMILES string of the molecule is COc1cccc(C(=O)N2c3ccccc3[C@@H](N(C(=O)C(C)C)c3ccccc3)C[C@H]2C)c1. The Labute approximate surface area is 195 Å². The molecule has 3 aromatic rings. The zero-order valence-electron chi connectivity index (χ0n) is 19.6. The number of fused-ring (bicyclic) bond motifs is 1. The molecule has 2 atom stereocenters. The van der Waals surface area contributed by atoms with Crippen LogP contribution in [0, 0.1) is 5.92 Å². The van der Waals surface area contributed by atoms with E-state index in [0.29, 0.717) is 17.7 Å². The fourth-order valence-corrected chi connectivity index (χ4v) is 4.56. The lowest BCUT2D eigenvalue weighted by atomic mass is 9.89. The van der Waals surface area contributed by atoms with Crippen LogP contribution in [0.3, 0.4) is 0 Å². The molecule has 1 aliphatic heterocycles. The summed E-state index contributed by atoms with van der Waals surface area (Å²) in [5.41, 5.74) is 3.26. The van der Waals surface area contributed by atoms with Crippen molar-refractivity contribution in [3.05, 3.63) is 90.0 Å². The molecule has 3 aromatic carbocycles. The number of hydrogen-bond acceptors (Lipinski definition) is 3. The van der Waals surface area contributed by atoms with Gasteiger partial charge in [0.2, 0.25) is 5.91 Å². The monoisotopic (exact) mass is 442 g/mol. The summed E-state index contributed by atoms with van der Waals surface area (Å²) in [6, 6.07) is 24.7. The first-order valence-electron chi connectivity index (χ1n) is 11.4. The van der Waals surface area contributed by atoms with E-state index >= 15 is 0 Å². The van der Waals surface area contributed by atoms with Gasteiger partial charge in [0.1, 0.15) is 5.75 Å². The van der Waals surface area contributed by atoms with E-state index in [1.807, 2.05) is 103 Å². The van der Waals surface area contributed by atoms with Gasteiger partial charge in [0.05, 0.1) is 13.2 Å². The molecule has 0 bridgehead atoms. The Morgan fingerprint density at radius 1 is 0.970 bits per heavy atom. The number of carbonyl (C=O) groups excluding carboxylic acids is 2. The molecule has 2 amide bonds. The number of benzene rings is 3. The van der Waals surface area contributed by atoms with E-state index < -0.39 is 0 Å². The number of carbonyl (C=O) groups is 2. The lowest BCUT2D eigenvalue weighted by Crippen LogP contribution is -2.48. The molecule has 0 aromatic heterocycles. The van der Waals surface area contributed by atoms with Crippen LogP contribution in [-0.2, 0) is 4.79 Å². The van der Waals surface area contributed by atoms with Gasteiger partial charge in [0, 0.05) is 28.9 Å². The molecule has 170 valence electrons. The van der Waals surface area contributed by atoms with Gasteiger partial charge in [-0.15, -0.1) is 0 Å². The molecule has 0 saturated heterocycles. The maximum atomic E-state index is 13.6. The van der Waals surface area contributed by atoms with Crippen molar-refractivity contribution in [1.29, 1.82) is 0 Å². The molecule has 0 radical (unpaired) electrons. The van der Waals surface area contributed by atoms with Crippen LogP contribution < -0.4 is 14.5 Å². The molecule has 0 aliphatic carbocycles. The minimum absolute atomic E-state index is 0.0702. The molecule has 4 rings (SSSR count). The van der Waals surface area contributed by atoms with Crippen LogP contribution in [0.2, 0.25) is 0 Å². The van der Waals surface area contributed by atoms with E-state index in [1.165, 1.54) is 0 Å². The average molecular weight is 443 g/mol. The number of ether oxygens (including phenoxy) is 1. The highest BCUT2D eigenvalue weighted by molar-refractivity contribution is 6.08.